The molecule has 19 heavy (non-hydrogen) atoms. The molecule has 5 saturated heterocycles. The zero-order valence-corrected chi connectivity index (χ0v) is 11.7. The van der Waals surface area contributed by atoms with E-state index in [1.165, 1.54) is 17.2 Å². The third-order valence-electron chi connectivity index (χ3n) is 3.77. The van der Waals surface area contributed by atoms with Crippen molar-refractivity contribution in [3.05, 3.63) is 0 Å². The van der Waals surface area contributed by atoms with Gasteiger partial charge in [0.05, 0.1) is 46.7 Å². The number of hydrogen-bond donors (Lipinski definition) is 0. The first-order chi connectivity index (χ1) is 8.87. The molecule has 0 N–H and O–H groups in total. The zero-order valence-electron chi connectivity index (χ0n) is 10.1. The van der Waals surface area contributed by atoms with Crippen molar-refractivity contribution in [2.24, 2.45) is 0 Å². The normalized spacial score (nSPS) is 53.5. The Morgan fingerprint density at radius 2 is 0.789 bits per heavy atom. The highest BCUT2D eigenvalue weighted by atomic mass is 32.2. The van der Waals surface area contributed by atoms with E-state index in [0.29, 0.717) is 6.67 Å². The molecule has 0 amide bonds. The van der Waals surface area contributed by atoms with Gasteiger partial charge in [0.15, 0.2) is 0 Å². The molecule has 5 aliphatic heterocycles. The molecule has 4 unspecified atom stereocenters. The molecule has 0 spiro atoms. The average Bonchev–Trinajstić information content (AvgIpc) is 2.36. The Kier molecular flexibility index (Phi) is 2.38. The first-order valence-corrected chi connectivity index (χ1v) is 8.62. The van der Waals surface area contributed by atoms with Gasteiger partial charge in [0.2, 0.25) is 0 Å². The van der Waals surface area contributed by atoms with E-state index in [1.807, 2.05) is 9.80 Å². The fraction of sp³-hybridized carbons (Fsp3) is 1.00. The van der Waals surface area contributed by atoms with Gasteiger partial charge >= 0.3 is 0 Å². The van der Waals surface area contributed by atoms with Crippen molar-refractivity contribution in [2.75, 3.05) is 46.7 Å². The number of hydrogen-bond acceptors (Lipinski definition) is 6. The Labute approximate surface area is 111 Å². The van der Waals surface area contributed by atoms with E-state index in [-0.39, 0.29) is 40.0 Å². The fourth-order valence-corrected chi connectivity index (χ4v) is 6.06. The molecule has 6 bridgehead atoms. The lowest BCUT2D eigenvalue weighted by molar-refractivity contribution is -0.0637. The van der Waals surface area contributed by atoms with Gasteiger partial charge in [-0.2, -0.15) is 34.1 Å². The summed E-state index contributed by atoms with van der Waals surface area (Å²) in [6, 6.07) is 0. The van der Waals surface area contributed by atoms with E-state index < -0.39 is 20.4 Å². The van der Waals surface area contributed by atoms with E-state index in [2.05, 4.69) is 0 Å². The summed E-state index contributed by atoms with van der Waals surface area (Å²) in [5.74, 6) is 0. The first kappa shape index (κ1) is 12.4. The summed E-state index contributed by atoms with van der Waals surface area (Å²) in [6.45, 7) is 1.30. The molecular weight excluding hydrogens is 296 g/mol. The van der Waals surface area contributed by atoms with Gasteiger partial charge in [0, 0.05) is 0 Å². The largest absolute Gasteiger partial charge is 0.286 e. The van der Waals surface area contributed by atoms with Crippen molar-refractivity contribution in [1.29, 1.82) is 0 Å². The van der Waals surface area contributed by atoms with Gasteiger partial charge in [-0.25, -0.2) is 0 Å². The number of nitrogens with zero attached hydrogens (tertiary/aromatic N) is 6. The Morgan fingerprint density at radius 3 is 1.11 bits per heavy atom. The Bertz CT molecular complexity index is 529. The topological polar surface area (TPSA) is 87.7 Å². The molecule has 0 aromatic carbocycles. The van der Waals surface area contributed by atoms with Crippen molar-refractivity contribution >= 4 is 20.4 Å². The summed E-state index contributed by atoms with van der Waals surface area (Å²) in [6.07, 6.45) is 0. The van der Waals surface area contributed by atoms with E-state index in [0.717, 1.165) is 0 Å². The predicted molar refractivity (Wildman–Crippen MR) is 62.9 cm³/mol. The van der Waals surface area contributed by atoms with Gasteiger partial charge in [0.1, 0.15) is 0 Å². The second-order valence-corrected chi connectivity index (χ2v) is 9.01. The second kappa shape index (κ2) is 3.65. The molecule has 4 atom stereocenters. The molecule has 5 heterocycles. The highest BCUT2D eigenvalue weighted by Crippen LogP contribution is 2.29. The monoisotopic (exact) mass is 310 g/mol. The van der Waals surface area contributed by atoms with Gasteiger partial charge < -0.3 is 0 Å². The van der Waals surface area contributed by atoms with Gasteiger partial charge in [0.25, 0.3) is 20.4 Å². The van der Waals surface area contributed by atoms with Crippen LogP contribution in [0.4, 0.5) is 0 Å². The molecular formula is C7H14N6O4S2. The predicted octanol–water partition coefficient (Wildman–Crippen LogP) is -2.96. The maximum Gasteiger partial charge on any atom is 0.286 e. The van der Waals surface area contributed by atoms with Gasteiger partial charge in [-0.1, -0.05) is 0 Å². The SMILES string of the molecule is O=S1(=O)N2CN3CN4CN1CN(C4)S(=O)(=O)N(C3)C2. The summed E-state index contributed by atoms with van der Waals surface area (Å²) < 4.78 is 54.6. The fourth-order valence-electron chi connectivity index (χ4n) is 2.88. The highest BCUT2D eigenvalue weighted by molar-refractivity contribution is 7.88. The molecule has 5 fully saturated rings. The van der Waals surface area contributed by atoms with E-state index in [4.69, 9.17) is 0 Å². The minimum atomic E-state index is -3.60. The summed E-state index contributed by atoms with van der Waals surface area (Å²) in [4.78, 5) is 3.64. The molecule has 5 aliphatic rings. The van der Waals surface area contributed by atoms with Gasteiger partial charge in [-0.3, -0.25) is 9.80 Å². The maximum atomic E-state index is 12.4. The minimum absolute atomic E-state index is 0.103. The lowest BCUT2D eigenvalue weighted by Gasteiger charge is -2.54. The summed E-state index contributed by atoms with van der Waals surface area (Å²) in [7, 11) is -7.21. The van der Waals surface area contributed by atoms with Crippen LogP contribution in [0.25, 0.3) is 0 Å². The quantitative estimate of drug-likeness (QED) is 0.475. The molecule has 108 valence electrons. The summed E-state index contributed by atoms with van der Waals surface area (Å²) in [5.41, 5.74) is 0. The van der Waals surface area contributed by atoms with Crippen molar-refractivity contribution < 1.29 is 16.8 Å². The van der Waals surface area contributed by atoms with Crippen LogP contribution in [-0.4, -0.2) is 90.5 Å². The smallest absolute Gasteiger partial charge is 0.262 e. The van der Waals surface area contributed by atoms with Crippen LogP contribution in [0, 0.1) is 0 Å². The standard InChI is InChI=1S/C7H14N6O4S2/c14-18(15)10-2-8-1-9-4-12(18)7-13(5-9)19(16,17)11(3-8)6-10/h1-7H2. The van der Waals surface area contributed by atoms with Crippen LogP contribution in [0.1, 0.15) is 0 Å². The third-order valence-corrected chi connectivity index (χ3v) is 7.30. The minimum Gasteiger partial charge on any atom is -0.262 e. The van der Waals surface area contributed by atoms with Crippen LogP contribution in [0.3, 0.4) is 0 Å². The average molecular weight is 310 g/mol. The summed E-state index contributed by atoms with van der Waals surface area (Å²) in [5, 5.41) is 0. The third kappa shape index (κ3) is 1.62. The van der Waals surface area contributed by atoms with Crippen LogP contribution in [0.5, 0.6) is 0 Å². The van der Waals surface area contributed by atoms with Crippen molar-refractivity contribution in [3.8, 4) is 0 Å². The second-order valence-electron chi connectivity index (χ2n) is 5.15. The molecule has 0 saturated carbocycles. The van der Waals surface area contributed by atoms with Crippen molar-refractivity contribution in [3.63, 3.8) is 0 Å². The molecule has 0 aromatic heterocycles. The van der Waals surface area contributed by atoms with Crippen LogP contribution in [0.2, 0.25) is 0 Å². The molecule has 10 nitrogen and oxygen atoms in total. The molecule has 0 radical (unpaired) electrons. The zero-order chi connectivity index (χ0) is 13.4. The lowest BCUT2D eigenvalue weighted by atomic mass is 10.6. The van der Waals surface area contributed by atoms with Crippen LogP contribution >= 0.6 is 0 Å². The first-order valence-electron chi connectivity index (χ1n) is 5.82. The Hall–Kier alpha value is -0.340. The lowest BCUT2D eigenvalue weighted by Crippen LogP contribution is -2.74. The highest BCUT2D eigenvalue weighted by Gasteiger charge is 2.50. The van der Waals surface area contributed by atoms with Crippen LogP contribution in [0.15, 0.2) is 0 Å². The van der Waals surface area contributed by atoms with Crippen molar-refractivity contribution in [1.82, 2.24) is 27.0 Å². The van der Waals surface area contributed by atoms with Crippen molar-refractivity contribution in [2.45, 2.75) is 0 Å². The molecule has 0 aliphatic carbocycles. The maximum absolute atomic E-state index is 12.4. The molecule has 0 aromatic rings. The number of rotatable bonds is 0. The summed E-state index contributed by atoms with van der Waals surface area (Å²) >= 11 is 0. The Morgan fingerprint density at radius 1 is 0.474 bits per heavy atom. The van der Waals surface area contributed by atoms with E-state index >= 15 is 0 Å². The molecule has 5 rings (SSSR count). The van der Waals surface area contributed by atoms with Crippen LogP contribution < -0.4 is 0 Å². The Balaban J connectivity index is 1.92. The van der Waals surface area contributed by atoms with E-state index in [1.54, 1.807) is 0 Å². The van der Waals surface area contributed by atoms with Gasteiger partial charge in [-0.05, 0) is 0 Å². The van der Waals surface area contributed by atoms with Gasteiger partial charge in [-0.15, -0.1) is 0 Å². The van der Waals surface area contributed by atoms with E-state index in [9.17, 15) is 16.8 Å². The molecule has 12 heteroatoms. The van der Waals surface area contributed by atoms with Crippen LogP contribution in [-0.2, 0) is 20.4 Å².